The van der Waals surface area contributed by atoms with Crippen LogP contribution in [-0.4, -0.2) is 30.6 Å². The number of rotatable bonds is 5. The number of carbonyl (C=O) groups is 1. The van der Waals surface area contributed by atoms with E-state index in [1.807, 2.05) is 0 Å². The molecule has 0 aromatic rings. The first-order chi connectivity index (χ1) is 7.24. The summed E-state index contributed by atoms with van der Waals surface area (Å²) >= 11 is 1.59. The van der Waals surface area contributed by atoms with Crippen molar-refractivity contribution in [2.75, 3.05) is 18.6 Å². The van der Waals surface area contributed by atoms with Crippen molar-refractivity contribution in [3.05, 3.63) is 0 Å². The van der Waals surface area contributed by atoms with Crippen LogP contribution in [0.2, 0.25) is 0 Å². The van der Waals surface area contributed by atoms with Crippen LogP contribution in [0.3, 0.4) is 0 Å². The van der Waals surface area contributed by atoms with Gasteiger partial charge in [0.15, 0.2) is 0 Å². The lowest BCUT2D eigenvalue weighted by atomic mass is 9.85. The van der Waals surface area contributed by atoms with Crippen molar-refractivity contribution < 1.29 is 9.53 Å². The highest BCUT2D eigenvalue weighted by atomic mass is 32.2. The summed E-state index contributed by atoms with van der Waals surface area (Å²) in [6, 6.07) is 0.250. The van der Waals surface area contributed by atoms with Crippen molar-refractivity contribution in [1.29, 1.82) is 0 Å². The first-order valence-electron chi connectivity index (χ1n) is 5.64. The first-order valence-corrected chi connectivity index (χ1v) is 6.79. The van der Waals surface area contributed by atoms with Crippen LogP contribution in [0.1, 0.15) is 32.1 Å². The van der Waals surface area contributed by atoms with Gasteiger partial charge in [0.1, 0.15) is 0 Å². The summed E-state index contributed by atoms with van der Waals surface area (Å²) in [5, 5.41) is 0. The number of esters is 1. The Bertz CT molecular complexity index is 193. The van der Waals surface area contributed by atoms with Gasteiger partial charge in [-0.3, -0.25) is 4.79 Å². The van der Waals surface area contributed by atoms with Crippen molar-refractivity contribution in [3.8, 4) is 0 Å². The lowest BCUT2D eigenvalue weighted by molar-refractivity contribution is -0.137. The Morgan fingerprint density at radius 1 is 1.47 bits per heavy atom. The molecule has 1 unspecified atom stereocenters. The zero-order valence-corrected chi connectivity index (χ0v) is 10.2. The van der Waals surface area contributed by atoms with Gasteiger partial charge in [0, 0.05) is 11.8 Å². The molecule has 15 heavy (non-hydrogen) atoms. The van der Waals surface area contributed by atoms with E-state index in [4.69, 9.17) is 5.73 Å². The predicted molar refractivity (Wildman–Crippen MR) is 63.9 cm³/mol. The highest BCUT2D eigenvalue weighted by Crippen LogP contribution is 2.26. The van der Waals surface area contributed by atoms with Crippen LogP contribution in [0.4, 0.5) is 0 Å². The average molecular weight is 231 g/mol. The fourth-order valence-corrected chi connectivity index (χ4v) is 2.98. The number of thioether (sulfide) groups is 1. The highest BCUT2D eigenvalue weighted by Gasteiger charge is 2.20. The Hall–Kier alpha value is -0.220. The molecule has 1 aliphatic carbocycles. The number of carbonyl (C=O) groups excluding carboxylic acids is 1. The Labute approximate surface area is 96.1 Å². The molecule has 1 atom stereocenters. The first kappa shape index (κ1) is 12.8. The Balaban J connectivity index is 2.11. The fraction of sp³-hybridized carbons (Fsp3) is 0.909. The van der Waals surface area contributed by atoms with Gasteiger partial charge >= 0.3 is 5.97 Å². The molecule has 1 aliphatic rings. The maximum absolute atomic E-state index is 10.9. The zero-order chi connectivity index (χ0) is 11.1. The second-order valence-corrected chi connectivity index (χ2v) is 5.18. The van der Waals surface area contributed by atoms with E-state index >= 15 is 0 Å². The van der Waals surface area contributed by atoms with E-state index in [1.165, 1.54) is 39.2 Å². The summed E-state index contributed by atoms with van der Waals surface area (Å²) in [4.78, 5) is 10.9. The van der Waals surface area contributed by atoms with Crippen molar-refractivity contribution in [2.45, 2.75) is 38.1 Å². The standard InChI is InChI=1S/C11H21NO2S/c1-14-11(13)8-15-7-10(12)9-5-3-2-4-6-9/h9-10H,2-8,12H2,1H3. The van der Waals surface area contributed by atoms with E-state index in [-0.39, 0.29) is 12.0 Å². The lowest BCUT2D eigenvalue weighted by Crippen LogP contribution is -2.34. The van der Waals surface area contributed by atoms with Gasteiger partial charge in [-0.05, 0) is 18.8 Å². The molecule has 88 valence electrons. The van der Waals surface area contributed by atoms with Crippen LogP contribution in [0, 0.1) is 5.92 Å². The maximum Gasteiger partial charge on any atom is 0.315 e. The quantitative estimate of drug-likeness (QED) is 0.733. The van der Waals surface area contributed by atoms with Crippen molar-refractivity contribution >= 4 is 17.7 Å². The summed E-state index contributed by atoms with van der Waals surface area (Å²) in [5.74, 6) is 1.82. The van der Waals surface area contributed by atoms with Crippen LogP contribution >= 0.6 is 11.8 Å². The molecule has 1 rings (SSSR count). The zero-order valence-electron chi connectivity index (χ0n) is 9.41. The van der Waals surface area contributed by atoms with Gasteiger partial charge in [-0.15, -0.1) is 11.8 Å². The minimum atomic E-state index is -0.157. The molecular formula is C11H21NO2S. The van der Waals surface area contributed by atoms with Crippen LogP contribution in [-0.2, 0) is 9.53 Å². The highest BCUT2D eigenvalue weighted by molar-refractivity contribution is 7.99. The summed E-state index contributed by atoms with van der Waals surface area (Å²) in [7, 11) is 1.42. The Morgan fingerprint density at radius 3 is 2.73 bits per heavy atom. The van der Waals surface area contributed by atoms with Crippen LogP contribution < -0.4 is 5.73 Å². The van der Waals surface area contributed by atoms with E-state index in [2.05, 4.69) is 4.74 Å². The largest absolute Gasteiger partial charge is 0.468 e. The van der Waals surface area contributed by atoms with E-state index in [9.17, 15) is 4.79 Å². The Morgan fingerprint density at radius 2 is 2.13 bits per heavy atom. The molecule has 2 N–H and O–H groups in total. The third kappa shape index (κ3) is 4.89. The summed E-state index contributed by atoms with van der Waals surface area (Å²) < 4.78 is 4.58. The SMILES string of the molecule is COC(=O)CSCC(N)C1CCCCC1. The van der Waals surface area contributed by atoms with Crippen molar-refractivity contribution in [3.63, 3.8) is 0 Å². The second-order valence-electron chi connectivity index (χ2n) is 4.15. The van der Waals surface area contributed by atoms with E-state index in [0.29, 0.717) is 11.7 Å². The van der Waals surface area contributed by atoms with Crippen LogP contribution in [0.5, 0.6) is 0 Å². The molecule has 0 aromatic carbocycles. The van der Waals surface area contributed by atoms with E-state index in [0.717, 1.165) is 5.75 Å². The molecule has 0 saturated heterocycles. The average Bonchev–Trinajstić information content (AvgIpc) is 2.29. The number of hydrogen-bond donors (Lipinski definition) is 1. The third-order valence-corrected chi connectivity index (χ3v) is 4.07. The minimum absolute atomic E-state index is 0.157. The monoisotopic (exact) mass is 231 g/mol. The van der Waals surface area contributed by atoms with E-state index < -0.39 is 0 Å². The van der Waals surface area contributed by atoms with Gasteiger partial charge in [0.05, 0.1) is 12.9 Å². The molecule has 0 spiro atoms. The van der Waals surface area contributed by atoms with Gasteiger partial charge in [-0.1, -0.05) is 19.3 Å². The van der Waals surface area contributed by atoms with Gasteiger partial charge in [-0.25, -0.2) is 0 Å². The molecule has 4 heteroatoms. The summed E-state index contributed by atoms with van der Waals surface area (Å²) in [6.45, 7) is 0. The van der Waals surface area contributed by atoms with Crippen LogP contribution in [0.15, 0.2) is 0 Å². The number of nitrogens with two attached hydrogens (primary N) is 1. The maximum atomic E-state index is 10.9. The normalized spacial score (nSPS) is 19.9. The molecule has 1 fully saturated rings. The third-order valence-electron chi connectivity index (χ3n) is 3.01. The van der Waals surface area contributed by atoms with Gasteiger partial charge < -0.3 is 10.5 Å². The molecule has 0 heterocycles. The molecule has 0 aliphatic heterocycles. The number of ether oxygens (including phenoxy) is 1. The molecule has 0 bridgehead atoms. The molecule has 3 nitrogen and oxygen atoms in total. The van der Waals surface area contributed by atoms with Gasteiger partial charge in [-0.2, -0.15) is 0 Å². The van der Waals surface area contributed by atoms with Crippen molar-refractivity contribution in [2.24, 2.45) is 11.7 Å². The number of methoxy groups -OCH3 is 1. The lowest BCUT2D eigenvalue weighted by Gasteiger charge is -2.27. The molecule has 0 radical (unpaired) electrons. The fourth-order valence-electron chi connectivity index (χ4n) is 2.04. The van der Waals surface area contributed by atoms with E-state index in [1.54, 1.807) is 11.8 Å². The predicted octanol–water partition coefficient (Wildman–Crippen LogP) is 1.80. The molecule has 0 amide bonds. The Kier molecular flexibility index (Phi) is 6.10. The smallest absolute Gasteiger partial charge is 0.315 e. The van der Waals surface area contributed by atoms with Crippen LogP contribution in [0.25, 0.3) is 0 Å². The molecule has 1 saturated carbocycles. The topological polar surface area (TPSA) is 52.3 Å². The summed E-state index contributed by atoms with van der Waals surface area (Å²) in [6.07, 6.45) is 6.53. The van der Waals surface area contributed by atoms with Gasteiger partial charge in [0.25, 0.3) is 0 Å². The molecular weight excluding hydrogens is 210 g/mol. The molecule has 0 aromatic heterocycles. The minimum Gasteiger partial charge on any atom is -0.468 e. The summed E-state index contributed by atoms with van der Waals surface area (Å²) in [5.41, 5.74) is 6.10. The number of hydrogen-bond acceptors (Lipinski definition) is 4. The van der Waals surface area contributed by atoms with Gasteiger partial charge in [0.2, 0.25) is 0 Å². The second kappa shape index (κ2) is 7.12. The van der Waals surface area contributed by atoms with Crippen molar-refractivity contribution in [1.82, 2.24) is 0 Å².